The van der Waals surface area contributed by atoms with Crippen molar-refractivity contribution in [2.24, 2.45) is 0 Å². The highest BCUT2D eigenvalue weighted by Crippen LogP contribution is 2.38. The third-order valence-corrected chi connectivity index (χ3v) is 7.75. The van der Waals surface area contributed by atoms with Gasteiger partial charge in [-0.3, -0.25) is 0 Å². The molecule has 0 fully saturated rings. The van der Waals surface area contributed by atoms with Crippen LogP contribution in [0.3, 0.4) is 0 Å². The number of sulfone groups is 1. The summed E-state index contributed by atoms with van der Waals surface area (Å²) in [6, 6.07) is 29.0. The van der Waals surface area contributed by atoms with Gasteiger partial charge in [-0.25, -0.2) is 8.42 Å². The minimum atomic E-state index is -3.14. The zero-order valence-electron chi connectivity index (χ0n) is 18.7. The molecule has 1 aliphatic rings. The molecule has 1 aromatic heterocycles. The lowest BCUT2D eigenvalue weighted by Gasteiger charge is -2.26. The molecule has 3 nitrogen and oxygen atoms in total. The van der Waals surface area contributed by atoms with Crippen molar-refractivity contribution in [3.63, 3.8) is 0 Å². The maximum atomic E-state index is 11.7. The Bertz CT molecular complexity index is 1480. The van der Waals surface area contributed by atoms with E-state index in [0.717, 1.165) is 19.3 Å². The van der Waals surface area contributed by atoms with Crippen molar-refractivity contribution < 1.29 is 8.42 Å². The molecule has 4 heteroatoms. The SMILES string of the molecule is CS(=O)(=O)c1ccc(C2CCc3c(ccc4c3ccc3ccccc34)C2)cc1.c1cc[nH]c1. The van der Waals surface area contributed by atoms with Crippen LogP contribution >= 0.6 is 0 Å². The van der Waals surface area contributed by atoms with Gasteiger partial charge >= 0.3 is 0 Å². The summed E-state index contributed by atoms with van der Waals surface area (Å²) < 4.78 is 23.4. The van der Waals surface area contributed by atoms with Gasteiger partial charge in [-0.2, -0.15) is 0 Å². The van der Waals surface area contributed by atoms with Gasteiger partial charge in [0.2, 0.25) is 0 Å². The zero-order valence-corrected chi connectivity index (χ0v) is 19.5. The number of hydrogen-bond donors (Lipinski definition) is 1. The number of hydrogen-bond acceptors (Lipinski definition) is 2. The van der Waals surface area contributed by atoms with Crippen LogP contribution in [0, 0.1) is 0 Å². The average molecular weight is 454 g/mol. The lowest BCUT2D eigenvalue weighted by Crippen LogP contribution is -2.13. The van der Waals surface area contributed by atoms with Crippen molar-refractivity contribution in [2.75, 3.05) is 6.26 Å². The van der Waals surface area contributed by atoms with E-state index in [1.165, 1.54) is 44.5 Å². The van der Waals surface area contributed by atoms with Gasteiger partial charge in [0, 0.05) is 18.6 Å². The molecule has 0 amide bonds. The molecule has 6 rings (SSSR count). The molecule has 1 atom stereocenters. The van der Waals surface area contributed by atoms with Crippen LogP contribution < -0.4 is 0 Å². The van der Waals surface area contributed by atoms with Crippen LogP contribution in [0.2, 0.25) is 0 Å². The van der Waals surface area contributed by atoms with Crippen LogP contribution in [-0.4, -0.2) is 19.7 Å². The van der Waals surface area contributed by atoms with Gasteiger partial charge in [0.15, 0.2) is 9.84 Å². The second-order valence-electron chi connectivity index (χ2n) is 8.75. The Morgan fingerprint density at radius 3 is 2.18 bits per heavy atom. The Morgan fingerprint density at radius 2 is 1.48 bits per heavy atom. The van der Waals surface area contributed by atoms with Crippen LogP contribution in [-0.2, 0) is 22.7 Å². The predicted molar refractivity (Wildman–Crippen MR) is 137 cm³/mol. The van der Waals surface area contributed by atoms with Crippen molar-refractivity contribution in [3.05, 3.63) is 114 Å². The van der Waals surface area contributed by atoms with E-state index in [0.29, 0.717) is 10.8 Å². The first kappa shape index (κ1) is 21.5. The van der Waals surface area contributed by atoms with Crippen LogP contribution in [0.1, 0.15) is 29.0 Å². The van der Waals surface area contributed by atoms with Crippen molar-refractivity contribution in [1.29, 1.82) is 0 Å². The Balaban J connectivity index is 0.000000406. The number of benzene rings is 4. The van der Waals surface area contributed by atoms with Gasteiger partial charge in [-0.05, 0) is 87.7 Å². The second-order valence-corrected chi connectivity index (χ2v) is 10.8. The van der Waals surface area contributed by atoms with Gasteiger partial charge in [0.05, 0.1) is 4.90 Å². The summed E-state index contributed by atoms with van der Waals surface area (Å²) in [5.41, 5.74) is 4.13. The molecular weight excluding hydrogens is 426 g/mol. The molecule has 0 bridgehead atoms. The summed E-state index contributed by atoms with van der Waals surface area (Å²) in [5, 5.41) is 5.32. The number of H-pyrrole nitrogens is 1. The number of aromatic nitrogens is 1. The summed E-state index contributed by atoms with van der Waals surface area (Å²) in [4.78, 5) is 3.25. The van der Waals surface area contributed by atoms with E-state index in [9.17, 15) is 8.42 Å². The summed E-state index contributed by atoms with van der Waals surface area (Å²) in [6.45, 7) is 0. The van der Waals surface area contributed by atoms with Crippen molar-refractivity contribution in [2.45, 2.75) is 30.1 Å². The smallest absolute Gasteiger partial charge is 0.175 e. The highest BCUT2D eigenvalue weighted by atomic mass is 32.2. The predicted octanol–water partition coefficient (Wildman–Crippen LogP) is 6.68. The van der Waals surface area contributed by atoms with Gasteiger partial charge in [-0.1, -0.05) is 60.7 Å². The molecule has 5 aromatic rings. The van der Waals surface area contributed by atoms with E-state index in [2.05, 4.69) is 53.5 Å². The third kappa shape index (κ3) is 4.44. The second kappa shape index (κ2) is 8.87. The van der Waals surface area contributed by atoms with Gasteiger partial charge in [0.25, 0.3) is 0 Å². The lowest BCUT2D eigenvalue weighted by atomic mass is 9.78. The minimum absolute atomic E-state index is 0.394. The fraction of sp³-hybridized carbons (Fsp3) is 0.172. The third-order valence-electron chi connectivity index (χ3n) is 6.62. The molecule has 33 heavy (non-hydrogen) atoms. The highest BCUT2D eigenvalue weighted by Gasteiger charge is 2.22. The molecule has 1 N–H and O–H groups in total. The van der Waals surface area contributed by atoms with Gasteiger partial charge < -0.3 is 4.98 Å². The van der Waals surface area contributed by atoms with E-state index in [-0.39, 0.29) is 0 Å². The molecule has 1 heterocycles. The van der Waals surface area contributed by atoms with Crippen molar-refractivity contribution in [1.82, 2.24) is 4.98 Å². The Hall–Kier alpha value is -3.37. The molecule has 4 aromatic carbocycles. The van der Waals surface area contributed by atoms with Gasteiger partial charge in [0.1, 0.15) is 0 Å². The Kier molecular flexibility index (Phi) is 5.77. The topological polar surface area (TPSA) is 49.9 Å². The normalized spacial score (nSPS) is 15.6. The zero-order chi connectivity index (χ0) is 22.8. The Labute approximate surface area is 195 Å². The number of nitrogens with one attached hydrogen (secondary N) is 1. The quantitative estimate of drug-likeness (QED) is 0.303. The van der Waals surface area contributed by atoms with E-state index in [1.807, 2.05) is 36.7 Å². The first-order valence-corrected chi connectivity index (χ1v) is 13.2. The molecule has 0 aliphatic heterocycles. The summed E-state index contributed by atoms with van der Waals surface area (Å²) >= 11 is 0. The minimum Gasteiger partial charge on any atom is -0.368 e. The number of aromatic amines is 1. The van der Waals surface area contributed by atoms with E-state index in [4.69, 9.17) is 0 Å². The molecule has 0 saturated heterocycles. The van der Waals surface area contributed by atoms with Gasteiger partial charge in [-0.15, -0.1) is 0 Å². The first-order chi connectivity index (χ1) is 16.0. The standard InChI is InChI=1S/C25H22O2S.C4H5N/c1-28(26,27)21-11-6-17(7-12-21)19-9-13-23-20(16-19)10-15-24-22-5-3-2-4-18(22)8-14-25(23)24;1-2-4-5-3-1/h2-8,10-12,14-15,19H,9,13,16H2,1H3;1-5H. The molecule has 0 spiro atoms. The maximum absolute atomic E-state index is 11.7. The van der Waals surface area contributed by atoms with Crippen molar-refractivity contribution in [3.8, 4) is 0 Å². The fourth-order valence-corrected chi connectivity index (χ4v) is 5.55. The van der Waals surface area contributed by atoms with Crippen LogP contribution in [0.15, 0.2) is 102 Å². The number of fused-ring (bicyclic) bond motifs is 5. The van der Waals surface area contributed by atoms with E-state index in [1.54, 1.807) is 12.1 Å². The van der Waals surface area contributed by atoms with Crippen molar-refractivity contribution >= 4 is 31.4 Å². The molecule has 1 aliphatic carbocycles. The molecular formula is C29H27NO2S. The largest absolute Gasteiger partial charge is 0.368 e. The maximum Gasteiger partial charge on any atom is 0.175 e. The lowest BCUT2D eigenvalue weighted by molar-refractivity contribution is 0.586. The molecule has 1 unspecified atom stereocenters. The van der Waals surface area contributed by atoms with Crippen LogP contribution in [0.25, 0.3) is 21.5 Å². The first-order valence-electron chi connectivity index (χ1n) is 11.3. The highest BCUT2D eigenvalue weighted by molar-refractivity contribution is 7.90. The number of aryl methyl sites for hydroxylation is 1. The van der Waals surface area contributed by atoms with Crippen LogP contribution in [0.4, 0.5) is 0 Å². The average Bonchev–Trinajstić information content (AvgIpc) is 3.43. The van der Waals surface area contributed by atoms with E-state index < -0.39 is 9.84 Å². The van der Waals surface area contributed by atoms with Crippen LogP contribution in [0.5, 0.6) is 0 Å². The summed E-state index contributed by atoms with van der Waals surface area (Å²) in [6.07, 6.45) is 8.17. The molecule has 0 radical (unpaired) electrons. The summed E-state index contributed by atoms with van der Waals surface area (Å²) in [7, 11) is -3.14. The Morgan fingerprint density at radius 1 is 0.758 bits per heavy atom. The summed E-state index contributed by atoms with van der Waals surface area (Å²) in [5.74, 6) is 0.444. The monoisotopic (exact) mass is 453 g/mol. The fourth-order valence-electron chi connectivity index (χ4n) is 4.92. The van der Waals surface area contributed by atoms with E-state index >= 15 is 0 Å². The molecule has 166 valence electrons. The number of rotatable bonds is 2. The molecule has 0 saturated carbocycles.